The van der Waals surface area contributed by atoms with Crippen LogP contribution in [0.5, 0.6) is 0 Å². The highest BCUT2D eigenvalue weighted by atomic mass is 19.3. The van der Waals surface area contributed by atoms with Crippen LogP contribution in [0.25, 0.3) is 0 Å². The largest absolute Gasteiger partial charge is 0.399 e. The van der Waals surface area contributed by atoms with Gasteiger partial charge >= 0.3 is 0 Å². The number of alkyl halides is 4. The fraction of sp³-hybridized carbons (Fsp3) is 0.500. The summed E-state index contributed by atoms with van der Waals surface area (Å²) >= 11 is 0. The van der Waals surface area contributed by atoms with Crippen molar-refractivity contribution in [3.8, 4) is 0 Å². The topological polar surface area (TPSA) is 26.0 Å². The third kappa shape index (κ3) is 2.47. The second kappa shape index (κ2) is 3.81. The number of allylic oxidation sites excluding steroid dienone is 3. The minimum atomic E-state index is -2.70. The van der Waals surface area contributed by atoms with E-state index in [2.05, 4.69) is 0 Å². The van der Waals surface area contributed by atoms with Crippen molar-refractivity contribution in [2.75, 3.05) is 0 Å². The molecule has 1 nitrogen and oxygen atoms in total. The summed E-state index contributed by atoms with van der Waals surface area (Å²) in [5.74, 6) is -1.17. The lowest BCUT2D eigenvalue weighted by molar-refractivity contribution is 0.0919. The van der Waals surface area contributed by atoms with Gasteiger partial charge in [-0.3, -0.25) is 0 Å². The van der Waals surface area contributed by atoms with Crippen molar-refractivity contribution >= 4 is 0 Å². The summed E-state index contributed by atoms with van der Waals surface area (Å²) in [5.41, 5.74) is 4.89. The molecule has 2 N–H and O–H groups in total. The number of rotatable bonds is 2. The second-order valence-corrected chi connectivity index (χ2v) is 2.89. The second-order valence-electron chi connectivity index (χ2n) is 2.89. The Bertz CT molecular complexity index is 245. The van der Waals surface area contributed by atoms with E-state index in [0.29, 0.717) is 0 Å². The van der Waals surface area contributed by atoms with Gasteiger partial charge in [0.15, 0.2) is 0 Å². The quantitative estimate of drug-likeness (QED) is 0.672. The molecule has 0 aromatic rings. The van der Waals surface area contributed by atoms with Crippen LogP contribution in [0.3, 0.4) is 0 Å². The van der Waals surface area contributed by atoms with E-state index in [1.54, 1.807) is 0 Å². The monoisotopic (exact) mass is 195 g/mol. The van der Waals surface area contributed by atoms with Crippen molar-refractivity contribution in [2.24, 2.45) is 11.7 Å². The van der Waals surface area contributed by atoms with E-state index in [1.165, 1.54) is 0 Å². The van der Waals surface area contributed by atoms with E-state index in [0.717, 1.165) is 12.2 Å². The lowest BCUT2D eigenvalue weighted by atomic mass is 9.93. The molecule has 0 radical (unpaired) electrons. The van der Waals surface area contributed by atoms with E-state index in [4.69, 9.17) is 5.73 Å². The number of hydrogen-bond donors (Lipinski definition) is 1. The molecule has 0 spiro atoms. The van der Waals surface area contributed by atoms with Gasteiger partial charge in [-0.25, -0.2) is 17.6 Å². The van der Waals surface area contributed by atoms with Crippen LogP contribution in [0.2, 0.25) is 0 Å². The van der Waals surface area contributed by atoms with Crippen LogP contribution in [-0.2, 0) is 0 Å². The van der Waals surface area contributed by atoms with E-state index >= 15 is 0 Å². The van der Waals surface area contributed by atoms with Gasteiger partial charge in [0.2, 0.25) is 6.43 Å². The Balaban J connectivity index is 2.77. The molecule has 1 rings (SSSR count). The molecule has 0 heterocycles. The van der Waals surface area contributed by atoms with Gasteiger partial charge in [0.25, 0.3) is 6.43 Å². The van der Waals surface area contributed by atoms with Gasteiger partial charge in [0.05, 0.1) is 0 Å². The predicted octanol–water partition coefficient (Wildman–Crippen LogP) is 2.31. The summed E-state index contributed by atoms with van der Waals surface area (Å²) in [6, 6.07) is 0. The zero-order valence-electron chi connectivity index (χ0n) is 6.68. The zero-order chi connectivity index (χ0) is 10.0. The molecule has 0 saturated carbocycles. The Labute approximate surface area is 72.9 Å². The molecule has 0 amide bonds. The first-order valence-corrected chi connectivity index (χ1v) is 3.74. The van der Waals surface area contributed by atoms with Gasteiger partial charge in [0.1, 0.15) is 0 Å². The smallest absolute Gasteiger partial charge is 0.260 e. The van der Waals surface area contributed by atoms with Gasteiger partial charge in [-0.15, -0.1) is 0 Å². The molecule has 74 valence electrons. The summed E-state index contributed by atoms with van der Waals surface area (Å²) < 4.78 is 48.6. The normalized spacial score (nSPS) is 23.4. The average Bonchev–Trinajstić information content (AvgIpc) is 2.03. The Kier molecular flexibility index (Phi) is 2.95. The van der Waals surface area contributed by atoms with E-state index in [-0.39, 0.29) is 17.7 Å². The number of hydrogen-bond acceptors (Lipinski definition) is 1. The number of halogens is 4. The molecule has 0 saturated heterocycles. The van der Waals surface area contributed by atoms with Crippen LogP contribution >= 0.6 is 0 Å². The molecule has 1 aliphatic rings. The molecule has 5 heteroatoms. The minimum absolute atomic E-state index is 0.00755. The van der Waals surface area contributed by atoms with Crippen molar-refractivity contribution < 1.29 is 17.6 Å². The highest BCUT2D eigenvalue weighted by Gasteiger charge is 2.26. The third-order valence-corrected chi connectivity index (χ3v) is 1.83. The highest BCUT2D eigenvalue weighted by molar-refractivity contribution is 5.28. The zero-order valence-corrected chi connectivity index (χ0v) is 6.68. The van der Waals surface area contributed by atoms with Crippen LogP contribution in [-0.4, -0.2) is 12.9 Å². The van der Waals surface area contributed by atoms with Gasteiger partial charge in [-0.05, 0) is 18.1 Å². The summed E-state index contributed by atoms with van der Waals surface area (Å²) in [7, 11) is 0. The van der Waals surface area contributed by atoms with E-state index < -0.39 is 18.8 Å². The maximum absolute atomic E-state index is 12.2. The van der Waals surface area contributed by atoms with Crippen LogP contribution < -0.4 is 5.73 Å². The molecule has 0 bridgehead atoms. The predicted molar refractivity (Wildman–Crippen MR) is 40.5 cm³/mol. The molecule has 1 atom stereocenters. The molecule has 0 aliphatic heterocycles. The summed E-state index contributed by atoms with van der Waals surface area (Å²) in [5, 5.41) is 0. The molecule has 1 aliphatic carbocycles. The molecule has 13 heavy (non-hydrogen) atoms. The summed E-state index contributed by atoms with van der Waals surface area (Å²) in [6.45, 7) is 0. The van der Waals surface area contributed by atoms with Crippen molar-refractivity contribution in [1.82, 2.24) is 0 Å². The fourth-order valence-electron chi connectivity index (χ4n) is 1.21. The summed E-state index contributed by atoms with van der Waals surface area (Å²) in [6.07, 6.45) is -3.47. The van der Waals surface area contributed by atoms with Gasteiger partial charge in [-0.1, -0.05) is 6.08 Å². The Morgan fingerprint density at radius 2 is 1.92 bits per heavy atom. The van der Waals surface area contributed by atoms with Gasteiger partial charge in [-0.2, -0.15) is 0 Å². The first-order valence-electron chi connectivity index (χ1n) is 3.74. The van der Waals surface area contributed by atoms with E-state index in [1.807, 2.05) is 0 Å². The molecule has 1 unspecified atom stereocenters. The highest BCUT2D eigenvalue weighted by Crippen LogP contribution is 2.29. The molecule has 0 aromatic heterocycles. The molecular weight excluding hydrogens is 186 g/mol. The van der Waals surface area contributed by atoms with Gasteiger partial charge in [0, 0.05) is 11.6 Å². The lowest BCUT2D eigenvalue weighted by Gasteiger charge is -2.19. The minimum Gasteiger partial charge on any atom is -0.399 e. The molecule has 0 fully saturated rings. The first kappa shape index (κ1) is 10.1. The standard InChI is InChI=1S/C8H9F4N/c9-7(10)4-1-5(8(11)12)3-6(13)2-4/h2-4,7-8H,1,13H2. The van der Waals surface area contributed by atoms with Crippen LogP contribution in [0.1, 0.15) is 6.42 Å². The third-order valence-electron chi connectivity index (χ3n) is 1.83. The maximum atomic E-state index is 12.2. The van der Waals surface area contributed by atoms with Crippen LogP contribution in [0, 0.1) is 5.92 Å². The lowest BCUT2D eigenvalue weighted by Crippen LogP contribution is -2.18. The Hall–Kier alpha value is -1.00. The van der Waals surface area contributed by atoms with Crippen molar-refractivity contribution in [1.29, 1.82) is 0 Å². The van der Waals surface area contributed by atoms with Crippen LogP contribution in [0.4, 0.5) is 17.6 Å². The SMILES string of the molecule is NC1=CC(C(F)F)CC(C(F)F)=C1. The first-order chi connectivity index (χ1) is 6.00. The average molecular weight is 195 g/mol. The maximum Gasteiger partial charge on any atom is 0.260 e. The summed E-state index contributed by atoms with van der Waals surface area (Å²) in [4.78, 5) is 0. The molecule has 0 aromatic carbocycles. The van der Waals surface area contributed by atoms with E-state index in [9.17, 15) is 17.6 Å². The molecular formula is C8H9F4N. The van der Waals surface area contributed by atoms with Gasteiger partial charge < -0.3 is 5.73 Å². The number of nitrogens with two attached hydrogens (primary N) is 1. The van der Waals surface area contributed by atoms with Crippen molar-refractivity contribution in [3.05, 3.63) is 23.4 Å². The Morgan fingerprint density at radius 1 is 1.31 bits per heavy atom. The Morgan fingerprint density at radius 3 is 2.38 bits per heavy atom. The van der Waals surface area contributed by atoms with Crippen molar-refractivity contribution in [3.63, 3.8) is 0 Å². The van der Waals surface area contributed by atoms with Crippen LogP contribution in [0.15, 0.2) is 23.4 Å². The fourth-order valence-corrected chi connectivity index (χ4v) is 1.21. The van der Waals surface area contributed by atoms with Crippen molar-refractivity contribution in [2.45, 2.75) is 19.3 Å².